The largest absolute Gasteiger partial charge is 0.370 e. The Labute approximate surface area is 112 Å². The Kier molecular flexibility index (Phi) is 4.44. The number of aryl methyl sites for hydroxylation is 1. The molecule has 19 heavy (non-hydrogen) atoms. The molecule has 0 unspecified atom stereocenters. The predicted molar refractivity (Wildman–Crippen MR) is 75.6 cm³/mol. The molecule has 0 atom stereocenters. The van der Waals surface area contributed by atoms with Crippen molar-refractivity contribution in [2.75, 3.05) is 11.9 Å². The lowest BCUT2D eigenvalue weighted by Crippen LogP contribution is -2.05. The summed E-state index contributed by atoms with van der Waals surface area (Å²) in [6.07, 6.45) is 1.78. The van der Waals surface area contributed by atoms with Crippen molar-refractivity contribution in [3.05, 3.63) is 42.0 Å². The topological polar surface area (TPSA) is 37.8 Å². The number of benzene rings is 1. The molecule has 2 rings (SSSR count). The summed E-state index contributed by atoms with van der Waals surface area (Å²) in [7, 11) is 0. The van der Waals surface area contributed by atoms with E-state index in [9.17, 15) is 4.39 Å². The third-order valence-electron chi connectivity index (χ3n) is 2.77. The predicted octanol–water partition coefficient (Wildman–Crippen LogP) is 3.67. The Hall–Kier alpha value is -1.97. The number of anilines is 1. The molecular weight excluding hydrogens is 241 g/mol. The number of rotatable bonds is 5. The van der Waals surface area contributed by atoms with Crippen molar-refractivity contribution in [2.45, 2.75) is 26.7 Å². The maximum Gasteiger partial charge on any atom is 0.131 e. The van der Waals surface area contributed by atoms with Gasteiger partial charge in [-0.2, -0.15) is 0 Å². The van der Waals surface area contributed by atoms with Crippen molar-refractivity contribution in [1.29, 1.82) is 0 Å². The molecule has 3 nitrogen and oxygen atoms in total. The summed E-state index contributed by atoms with van der Waals surface area (Å²) in [5.41, 5.74) is 1.53. The summed E-state index contributed by atoms with van der Waals surface area (Å²) in [6, 6.07) is 8.34. The molecule has 0 bridgehead atoms. The maximum atomic E-state index is 13.3. The molecule has 0 amide bonds. The van der Waals surface area contributed by atoms with E-state index in [2.05, 4.69) is 22.2 Å². The standard InChI is InChI=1S/C15H18FN3/c1-3-8-17-15-10-13(18-14(4-2)19-15)11-6-5-7-12(16)9-11/h5-7,9-10H,3-4,8H2,1-2H3,(H,17,18,19). The Morgan fingerprint density at radius 2 is 2.00 bits per heavy atom. The summed E-state index contributed by atoms with van der Waals surface area (Å²) in [6.45, 7) is 4.97. The van der Waals surface area contributed by atoms with Gasteiger partial charge in [-0.1, -0.05) is 26.0 Å². The van der Waals surface area contributed by atoms with Gasteiger partial charge in [0.1, 0.15) is 17.5 Å². The molecule has 1 aromatic carbocycles. The molecule has 0 saturated carbocycles. The molecule has 1 aromatic heterocycles. The molecular formula is C15H18FN3. The van der Waals surface area contributed by atoms with E-state index in [4.69, 9.17) is 0 Å². The number of halogens is 1. The normalized spacial score (nSPS) is 10.5. The third-order valence-corrected chi connectivity index (χ3v) is 2.77. The van der Waals surface area contributed by atoms with E-state index in [0.717, 1.165) is 42.3 Å². The van der Waals surface area contributed by atoms with E-state index in [1.165, 1.54) is 12.1 Å². The summed E-state index contributed by atoms with van der Waals surface area (Å²) < 4.78 is 13.3. The zero-order chi connectivity index (χ0) is 13.7. The molecule has 100 valence electrons. The molecule has 1 N–H and O–H groups in total. The van der Waals surface area contributed by atoms with Crippen molar-refractivity contribution >= 4 is 5.82 Å². The van der Waals surface area contributed by atoms with Crippen LogP contribution in [0, 0.1) is 5.82 Å². The number of hydrogen-bond donors (Lipinski definition) is 1. The SMILES string of the molecule is CCCNc1cc(-c2cccc(F)c2)nc(CC)n1. The van der Waals surface area contributed by atoms with Crippen LogP contribution in [-0.2, 0) is 6.42 Å². The Balaban J connectivity index is 2.38. The van der Waals surface area contributed by atoms with Crippen LogP contribution in [0.4, 0.5) is 10.2 Å². The minimum atomic E-state index is -0.253. The highest BCUT2D eigenvalue weighted by Crippen LogP contribution is 2.21. The fourth-order valence-electron chi connectivity index (χ4n) is 1.79. The Bertz CT molecular complexity index is 555. The molecule has 0 radical (unpaired) electrons. The molecule has 0 aliphatic carbocycles. The smallest absolute Gasteiger partial charge is 0.131 e. The van der Waals surface area contributed by atoms with Crippen molar-refractivity contribution in [1.82, 2.24) is 9.97 Å². The van der Waals surface area contributed by atoms with Crippen LogP contribution < -0.4 is 5.32 Å². The first kappa shape index (κ1) is 13.5. The lowest BCUT2D eigenvalue weighted by atomic mass is 10.1. The van der Waals surface area contributed by atoms with Gasteiger partial charge in [0.05, 0.1) is 5.69 Å². The quantitative estimate of drug-likeness (QED) is 0.890. The van der Waals surface area contributed by atoms with Gasteiger partial charge in [0.15, 0.2) is 0 Å². The van der Waals surface area contributed by atoms with E-state index in [1.54, 1.807) is 6.07 Å². The summed E-state index contributed by atoms with van der Waals surface area (Å²) in [5.74, 6) is 1.31. The Morgan fingerprint density at radius 1 is 1.16 bits per heavy atom. The maximum absolute atomic E-state index is 13.3. The first-order valence-electron chi connectivity index (χ1n) is 6.60. The minimum absolute atomic E-state index is 0.253. The van der Waals surface area contributed by atoms with E-state index >= 15 is 0 Å². The van der Waals surface area contributed by atoms with Gasteiger partial charge in [0, 0.05) is 24.6 Å². The summed E-state index contributed by atoms with van der Waals surface area (Å²) in [4.78, 5) is 8.87. The monoisotopic (exact) mass is 259 g/mol. The van der Waals surface area contributed by atoms with E-state index in [0.29, 0.717) is 0 Å². The van der Waals surface area contributed by atoms with Crippen LogP contribution in [0.3, 0.4) is 0 Å². The van der Waals surface area contributed by atoms with Crippen LogP contribution in [0.2, 0.25) is 0 Å². The lowest BCUT2D eigenvalue weighted by Gasteiger charge is -2.09. The summed E-state index contributed by atoms with van der Waals surface area (Å²) >= 11 is 0. The van der Waals surface area contributed by atoms with Gasteiger partial charge in [-0.25, -0.2) is 14.4 Å². The highest BCUT2D eigenvalue weighted by atomic mass is 19.1. The van der Waals surface area contributed by atoms with Crippen LogP contribution in [0.15, 0.2) is 30.3 Å². The number of nitrogens with one attached hydrogen (secondary N) is 1. The highest BCUT2D eigenvalue weighted by Gasteiger charge is 2.06. The van der Waals surface area contributed by atoms with Crippen LogP contribution in [0.25, 0.3) is 11.3 Å². The van der Waals surface area contributed by atoms with Crippen molar-refractivity contribution in [2.24, 2.45) is 0 Å². The van der Waals surface area contributed by atoms with E-state index in [1.807, 2.05) is 19.1 Å². The van der Waals surface area contributed by atoms with Crippen molar-refractivity contribution in [3.63, 3.8) is 0 Å². The summed E-state index contributed by atoms with van der Waals surface area (Å²) in [5, 5.41) is 3.25. The fourth-order valence-corrected chi connectivity index (χ4v) is 1.79. The zero-order valence-electron chi connectivity index (χ0n) is 11.3. The molecule has 0 saturated heterocycles. The van der Waals surface area contributed by atoms with Gasteiger partial charge < -0.3 is 5.32 Å². The second-order valence-electron chi connectivity index (χ2n) is 4.35. The molecule has 0 spiro atoms. The van der Waals surface area contributed by atoms with Gasteiger partial charge in [0.25, 0.3) is 0 Å². The van der Waals surface area contributed by atoms with E-state index < -0.39 is 0 Å². The average Bonchev–Trinajstić information content (AvgIpc) is 2.44. The molecule has 0 aliphatic rings. The number of aromatic nitrogens is 2. The second kappa shape index (κ2) is 6.27. The highest BCUT2D eigenvalue weighted by molar-refractivity contribution is 5.62. The van der Waals surface area contributed by atoms with Gasteiger partial charge in [0.2, 0.25) is 0 Å². The lowest BCUT2D eigenvalue weighted by molar-refractivity contribution is 0.628. The first-order chi connectivity index (χ1) is 9.22. The average molecular weight is 259 g/mol. The molecule has 0 fully saturated rings. The van der Waals surface area contributed by atoms with Gasteiger partial charge in [-0.15, -0.1) is 0 Å². The van der Waals surface area contributed by atoms with Crippen LogP contribution in [0.1, 0.15) is 26.1 Å². The van der Waals surface area contributed by atoms with E-state index in [-0.39, 0.29) is 5.82 Å². The third kappa shape index (κ3) is 3.50. The van der Waals surface area contributed by atoms with Crippen molar-refractivity contribution < 1.29 is 4.39 Å². The van der Waals surface area contributed by atoms with Gasteiger partial charge in [-0.05, 0) is 18.6 Å². The molecule has 4 heteroatoms. The van der Waals surface area contributed by atoms with Crippen LogP contribution in [0.5, 0.6) is 0 Å². The zero-order valence-corrected chi connectivity index (χ0v) is 11.3. The van der Waals surface area contributed by atoms with Crippen molar-refractivity contribution in [3.8, 4) is 11.3 Å². The first-order valence-corrected chi connectivity index (χ1v) is 6.60. The number of nitrogens with zero attached hydrogens (tertiary/aromatic N) is 2. The Morgan fingerprint density at radius 3 is 2.68 bits per heavy atom. The molecule has 1 heterocycles. The van der Waals surface area contributed by atoms with Gasteiger partial charge >= 0.3 is 0 Å². The van der Waals surface area contributed by atoms with Crippen LogP contribution >= 0.6 is 0 Å². The molecule has 0 aliphatic heterocycles. The fraction of sp³-hybridized carbons (Fsp3) is 0.333. The minimum Gasteiger partial charge on any atom is -0.370 e. The van der Waals surface area contributed by atoms with Crippen LogP contribution in [-0.4, -0.2) is 16.5 Å². The van der Waals surface area contributed by atoms with Gasteiger partial charge in [-0.3, -0.25) is 0 Å². The second-order valence-corrected chi connectivity index (χ2v) is 4.35. The molecule has 2 aromatic rings. The number of hydrogen-bond acceptors (Lipinski definition) is 3.